The Morgan fingerprint density at radius 3 is 2.45 bits per heavy atom. The van der Waals surface area contributed by atoms with Gasteiger partial charge >= 0.3 is 0 Å². The second kappa shape index (κ2) is 7.87. The van der Waals surface area contributed by atoms with Crippen LogP contribution in [0.1, 0.15) is 25.3 Å². The van der Waals surface area contributed by atoms with E-state index in [0.717, 1.165) is 12.5 Å². The number of hydrogen-bond acceptors (Lipinski definition) is 3. The van der Waals surface area contributed by atoms with Crippen LogP contribution in [0.5, 0.6) is 0 Å². The molecule has 0 aliphatic rings. The molecule has 0 heterocycles. The van der Waals surface area contributed by atoms with Crippen LogP contribution in [-0.2, 0) is 10.0 Å². The highest BCUT2D eigenvalue weighted by Gasteiger charge is 2.21. The SMILES string of the molecule is CCCC(N)CNS(=O)(=O)c1cc(F)c(C)cc1F.Cl. The van der Waals surface area contributed by atoms with Gasteiger partial charge in [-0.05, 0) is 31.0 Å². The van der Waals surface area contributed by atoms with Gasteiger partial charge in [0, 0.05) is 12.6 Å². The standard InChI is InChI=1S/C12H18F2N2O2S.ClH/c1-3-4-9(15)7-16-19(17,18)12-6-10(13)8(2)5-11(12)14;/h5-6,9,16H,3-4,7,15H2,1-2H3;1H. The summed E-state index contributed by atoms with van der Waals surface area (Å²) in [6.07, 6.45) is 1.46. The topological polar surface area (TPSA) is 72.2 Å². The summed E-state index contributed by atoms with van der Waals surface area (Å²) in [7, 11) is -4.09. The number of halogens is 3. The van der Waals surface area contributed by atoms with Gasteiger partial charge in [0.05, 0.1) is 0 Å². The Morgan fingerprint density at radius 1 is 1.30 bits per heavy atom. The van der Waals surface area contributed by atoms with E-state index in [1.54, 1.807) is 0 Å². The molecule has 0 aromatic heterocycles. The summed E-state index contributed by atoms with van der Waals surface area (Å²) in [5.74, 6) is -1.74. The van der Waals surface area contributed by atoms with Crippen molar-refractivity contribution < 1.29 is 17.2 Å². The van der Waals surface area contributed by atoms with Crippen molar-refractivity contribution in [3.8, 4) is 0 Å². The molecule has 0 saturated heterocycles. The Balaban J connectivity index is 0.00000361. The van der Waals surface area contributed by atoms with E-state index in [1.807, 2.05) is 6.92 Å². The molecule has 20 heavy (non-hydrogen) atoms. The van der Waals surface area contributed by atoms with E-state index in [1.165, 1.54) is 6.92 Å². The van der Waals surface area contributed by atoms with Gasteiger partial charge in [-0.3, -0.25) is 0 Å². The molecule has 0 spiro atoms. The Morgan fingerprint density at radius 2 is 1.90 bits per heavy atom. The lowest BCUT2D eigenvalue weighted by Crippen LogP contribution is -2.37. The summed E-state index contributed by atoms with van der Waals surface area (Å²) in [6.45, 7) is 3.27. The molecular formula is C12H19ClF2N2O2S. The van der Waals surface area contributed by atoms with Crippen LogP contribution in [0.2, 0.25) is 0 Å². The van der Waals surface area contributed by atoms with E-state index in [-0.39, 0.29) is 30.6 Å². The summed E-state index contributed by atoms with van der Waals surface area (Å²) in [5.41, 5.74) is 5.72. The molecule has 1 aromatic carbocycles. The Labute approximate surface area is 124 Å². The molecule has 1 atom stereocenters. The van der Waals surface area contributed by atoms with Crippen molar-refractivity contribution in [3.63, 3.8) is 0 Å². The largest absolute Gasteiger partial charge is 0.327 e. The van der Waals surface area contributed by atoms with Gasteiger partial charge in [-0.25, -0.2) is 21.9 Å². The molecule has 1 unspecified atom stereocenters. The molecular weight excluding hydrogens is 310 g/mol. The lowest BCUT2D eigenvalue weighted by atomic mass is 10.2. The minimum absolute atomic E-state index is 0. The maximum absolute atomic E-state index is 13.6. The number of hydrogen-bond donors (Lipinski definition) is 2. The first-order valence-electron chi connectivity index (χ1n) is 5.98. The third-order valence-electron chi connectivity index (χ3n) is 2.70. The van der Waals surface area contributed by atoms with Crippen LogP contribution < -0.4 is 10.5 Å². The van der Waals surface area contributed by atoms with Crippen LogP contribution >= 0.6 is 12.4 Å². The Bertz CT molecular complexity index is 553. The van der Waals surface area contributed by atoms with E-state index < -0.39 is 26.6 Å². The van der Waals surface area contributed by atoms with Gasteiger partial charge in [-0.2, -0.15) is 0 Å². The molecule has 0 amide bonds. The first-order valence-corrected chi connectivity index (χ1v) is 7.47. The highest BCUT2D eigenvalue weighted by molar-refractivity contribution is 7.89. The van der Waals surface area contributed by atoms with E-state index in [2.05, 4.69) is 4.72 Å². The summed E-state index contributed by atoms with van der Waals surface area (Å²) in [4.78, 5) is -0.695. The molecule has 1 aromatic rings. The smallest absolute Gasteiger partial charge is 0.243 e. The van der Waals surface area contributed by atoms with Gasteiger partial charge < -0.3 is 5.73 Å². The maximum atomic E-state index is 13.6. The van der Waals surface area contributed by atoms with Crippen LogP contribution in [0.4, 0.5) is 8.78 Å². The van der Waals surface area contributed by atoms with Crippen LogP contribution in [0, 0.1) is 18.6 Å². The quantitative estimate of drug-likeness (QED) is 0.840. The second-order valence-corrected chi connectivity index (χ2v) is 6.17. The predicted octanol–water partition coefficient (Wildman–Crippen LogP) is 2.10. The zero-order valence-electron chi connectivity index (χ0n) is 11.3. The van der Waals surface area contributed by atoms with Gasteiger partial charge in [0.1, 0.15) is 16.5 Å². The fourth-order valence-electron chi connectivity index (χ4n) is 1.60. The lowest BCUT2D eigenvalue weighted by molar-refractivity contribution is 0.531. The zero-order valence-corrected chi connectivity index (χ0v) is 13.0. The van der Waals surface area contributed by atoms with Crippen molar-refractivity contribution in [2.75, 3.05) is 6.54 Å². The average molecular weight is 329 g/mol. The van der Waals surface area contributed by atoms with E-state index in [9.17, 15) is 17.2 Å². The number of sulfonamides is 1. The van der Waals surface area contributed by atoms with E-state index in [0.29, 0.717) is 12.5 Å². The molecule has 8 heteroatoms. The third kappa shape index (κ3) is 4.97. The summed E-state index contributed by atoms with van der Waals surface area (Å²) >= 11 is 0. The summed E-state index contributed by atoms with van der Waals surface area (Å²) in [5, 5.41) is 0. The van der Waals surface area contributed by atoms with Crippen LogP contribution in [-0.4, -0.2) is 21.0 Å². The zero-order chi connectivity index (χ0) is 14.6. The van der Waals surface area contributed by atoms with Gasteiger partial charge in [0.15, 0.2) is 0 Å². The van der Waals surface area contributed by atoms with Crippen molar-refractivity contribution in [2.45, 2.75) is 37.6 Å². The molecule has 0 radical (unpaired) electrons. The highest BCUT2D eigenvalue weighted by atomic mass is 35.5. The predicted molar refractivity (Wildman–Crippen MR) is 76.4 cm³/mol. The van der Waals surface area contributed by atoms with Gasteiger partial charge in [-0.15, -0.1) is 12.4 Å². The van der Waals surface area contributed by atoms with E-state index >= 15 is 0 Å². The van der Waals surface area contributed by atoms with Gasteiger partial charge in [0.2, 0.25) is 10.0 Å². The number of aryl methyl sites for hydroxylation is 1. The second-order valence-electron chi connectivity index (χ2n) is 4.43. The molecule has 0 aliphatic carbocycles. The molecule has 0 bridgehead atoms. The fraction of sp³-hybridized carbons (Fsp3) is 0.500. The molecule has 3 N–H and O–H groups in total. The monoisotopic (exact) mass is 328 g/mol. The third-order valence-corrected chi connectivity index (χ3v) is 4.14. The normalized spacial score (nSPS) is 12.8. The van der Waals surface area contributed by atoms with Crippen molar-refractivity contribution in [3.05, 3.63) is 29.3 Å². The maximum Gasteiger partial charge on any atom is 0.243 e. The number of nitrogens with two attached hydrogens (primary N) is 1. The van der Waals surface area contributed by atoms with Crippen molar-refractivity contribution in [1.82, 2.24) is 4.72 Å². The van der Waals surface area contributed by atoms with Crippen molar-refractivity contribution >= 4 is 22.4 Å². The highest BCUT2D eigenvalue weighted by Crippen LogP contribution is 2.18. The van der Waals surface area contributed by atoms with Crippen LogP contribution in [0.3, 0.4) is 0 Å². The van der Waals surface area contributed by atoms with E-state index in [4.69, 9.17) is 5.73 Å². The minimum Gasteiger partial charge on any atom is -0.327 e. The molecule has 4 nitrogen and oxygen atoms in total. The van der Waals surface area contributed by atoms with Crippen molar-refractivity contribution in [2.24, 2.45) is 5.73 Å². The first kappa shape index (κ1) is 19.2. The van der Waals surface area contributed by atoms with Gasteiger partial charge in [0.25, 0.3) is 0 Å². The molecule has 0 saturated carbocycles. The fourth-order valence-corrected chi connectivity index (χ4v) is 2.76. The summed E-state index contributed by atoms with van der Waals surface area (Å²) < 4.78 is 52.8. The van der Waals surface area contributed by atoms with Gasteiger partial charge in [-0.1, -0.05) is 13.3 Å². The minimum atomic E-state index is -4.09. The Kier molecular flexibility index (Phi) is 7.57. The lowest BCUT2D eigenvalue weighted by Gasteiger charge is -2.13. The molecule has 0 fully saturated rings. The van der Waals surface area contributed by atoms with Crippen molar-refractivity contribution in [1.29, 1.82) is 0 Å². The first-order chi connectivity index (χ1) is 8.77. The average Bonchev–Trinajstić information content (AvgIpc) is 2.31. The number of rotatable bonds is 6. The van der Waals surface area contributed by atoms with Crippen LogP contribution in [0.25, 0.3) is 0 Å². The molecule has 1 rings (SSSR count). The summed E-state index contributed by atoms with van der Waals surface area (Å²) in [6, 6.07) is 1.19. The Hall–Kier alpha value is -0.760. The number of benzene rings is 1. The molecule has 116 valence electrons. The van der Waals surface area contributed by atoms with Crippen LogP contribution in [0.15, 0.2) is 17.0 Å². The number of nitrogens with one attached hydrogen (secondary N) is 1. The molecule has 0 aliphatic heterocycles.